The number of carbonyl (C=O) groups is 1. The summed E-state index contributed by atoms with van der Waals surface area (Å²) >= 11 is 5.89. The van der Waals surface area contributed by atoms with Crippen molar-refractivity contribution < 1.29 is 18.3 Å². The zero-order chi connectivity index (χ0) is 17.0. The molecule has 0 aliphatic carbocycles. The number of benzene rings is 2. The van der Waals surface area contributed by atoms with Gasteiger partial charge in [-0.15, -0.1) is 0 Å². The summed E-state index contributed by atoms with van der Waals surface area (Å²) in [4.78, 5) is 12.1. The third-order valence-electron chi connectivity index (χ3n) is 3.12. The Kier molecular flexibility index (Phi) is 5.38. The number of aliphatic hydroxyl groups is 1. The molecule has 3 N–H and O–H groups in total. The van der Waals surface area contributed by atoms with Crippen molar-refractivity contribution >= 4 is 33.2 Å². The molecule has 23 heavy (non-hydrogen) atoms. The lowest BCUT2D eigenvalue weighted by Crippen LogP contribution is -2.20. The molecule has 0 heterocycles. The number of halogens is 1. The predicted octanol–water partition coefficient (Wildman–Crippen LogP) is 1.99. The van der Waals surface area contributed by atoms with Gasteiger partial charge in [-0.05, 0) is 42.9 Å². The molecule has 0 spiro atoms. The molecule has 0 radical (unpaired) electrons. The minimum atomic E-state index is -3.76. The number of hydrogen-bond donors (Lipinski definition) is 3. The first-order chi connectivity index (χ1) is 10.9. The van der Waals surface area contributed by atoms with Gasteiger partial charge in [0.15, 0.2) is 0 Å². The van der Waals surface area contributed by atoms with Crippen LogP contribution in [0.5, 0.6) is 0 Å². The number of sulfonamides is 1. The van der Waals surface area contributed by atoms with Crippen LogP contribution >= 0.6 is 11.6 Å². The fourth-order valence-electron chi connectivity index (χ4n) is 1.91. The van der Waals surface area contributed by atoms with E-state index in [4.69, 9.17) is 16.7 Å². The van der Waals surface area contributed by atoms with E-state index in [2.05, 4.69) is 10.0 Å². The molecule has 0 saturated carbocycles. The highest BCUT2D eigenvalue weighted by Gasteiger charge is 2.18. The van der Waals surface area contributed by atoms with Gasteiger partial charge < -0.3 is 10.4 Å². The van der Waals surface area contributed by atoms with E-state index in [0.717, 1.165) is 0 Å². The lowest BCUT2D eigenvalue weighted by molar-refractivity contribution is 0.102. The largest absolute Gasteiger partial charge is 0.392 e. The summed E-state index contributed by atoms with van der Waals surface area (Å²) in [6.07, 6.45) is 0. The molecule has 1 amide bonds. The van der Waals surface area contributed by atoms with Gasteiger partial charge in [-0.2, -0.15) is 0 Å². The lowest BCUT2D eigenvalue weighted by Gasteiger charge is -2.09. The molecule has 0 fully saturated rings. The maximum Gasteiger partial charge on any atom is 0.255 e. The molecule has 2 aromatic rings. The van der Waals surface area contributed by atoms with Gasteiger partial charge in [0, 0.05) is 11.3 Å². The van der Waals surface area contributed by atoms with Gasteiger partial charge in [-0.25, -0.2) is 13.1 Å². The summed E-state index contributed by atoms with van der Waals surface area (Å²) in [5, 5.41) is 11.8. The summed E-state index contributed by atoms with van der Waals surface area (Å²) in [5.41, 5.74) is 1.30. The maximum atomic E-state index is 12.3. The van der Waals surface area contributed by atoms with Gasteiger partial charge in [-0.1, -0.05) is 23.7 Å². The van der Waals surface area contributed by atoms with Crippen LogP contribution in [0.3, 0.4) is 0 Å². The number of anilines is 1. The van der Waals surface area contributed by atoms with Crippen molar-refractivity contribution in [2.45, 2.75) is 11.5 Å². The van der Waals surface area contributed by atoms with Crippen molar-refractivity contribution in [2.24, 2.45) is 0 Å². The second kappa shape index (κ2) is 7.10. The summed E-state index contributed by atoms with van der Waals surface area (Å²) < 4.78 is 25.9. The van der Waals surface area contributed by atoms with E-state index in [9.17, 15) is 13.2 Å². The Morgan fingerprint density at radius 3 is 2.61 bits per heavy atom. The quantitative estimate of drug-likeness (QED) is 0.765. The van der Waals surface area contributed by atoms with Crippen molar-refractivity contribution in [3.05, 3.63) is 58.6 Å². The zero-order valence-corrected chi connectivity index (χ0v) is 13.8. The van der Waals surface area contributed by atoms with E-state index < -0.39 is 15.9 Å². The number of hydrogen-bond acceptors (Lipinski definition) is 4. The molecular weight excluding hydrogens is 340 g/mol. The molecule has 0 bridgehead atoms. The summed E-state index contributed by atoms with van der Waals surface area (Å²) in [6.45, 7) is -0.144. The summed E-state index contributed by atoms with van der Waals surface area (Å²) in [5.74, 6) is -0.482. The second-order valence-electron chi connectivity index (χ2n) is 4.67. The first-order valence-corrected chi connectivity index (χ1v) is 8.47. The molecule has 8 heteroatoms. The molecule has 0 aromatic heterocycles. The molecule has 0 unspecified atom stereocenters. The molecule has 122 valence electrons. The van der Waals surface area contributed by atoms with E-state index in [1.165, 1.54) is 25.2 Å². The fraction of sp³-hybridized carbons (Fsp3) is 0.133. The Hall–Kier alpha value is -1.93. The smallest absolute Gasteiger partial charge is 0.255 e. The molecule has 6 nitrogen and oxygen atoms in total. The van der Waals surface area contributed by atoms with Crippen LogP contribution in [0.15, 0.2) is 47.4 Å². The van der Waals surface area contributed by atoms with E-state index >= 15 is 0 Å². The van der Waals surface area contributed by atoms with Crippen molar-refractivity contribution in [1.82, 2.24) is 4.72 Å². The van der Waals surface area contributed by atoms with Crippen LogP contribution in [0.4, 0.5) is 5.69 Å². The average molecular weight is 355 g/mol. The number of aliphatic hydroxyl groups excluding tert-OH is 1. The van der Waals surface area contributed by atoms with Crippen LogP contribution in [0.2, 0.25) is 5.02 Å². The standard InChI is InChI=1S/C15H15ClN2O4S/c1-17-23(21,22)14-8-11(5-6-13(14)16)15(20)18-12-4-2-3-10(7-12)9-19/h2-8,17,19H,9H2,1H3,(H,18,20). The Morgan fingerprint density at radius 1 is 1.22 bits per heavy atom. The third-order valence-corrected chi connectivity index (χ3v) is 5.01. The first-order valence-electron chi connectivity index (χ1n) is 6.61. The molecule has 0 atom stereocenters. The lowest BCUT2D eigenvalue weighted by atomic mass is 10.2. The van der Waals surface area contributed by atoms with Crippen molar-refractivity contribution in [3.63, 3.8) is 0 Å². The van der Waals surface area contributed by atoms with Gasteiger partial charge in [0.05, 0.1) is 11.6 Å². The van der Waals surface area contributed by atoms with Gasteiger partial charge in [-0.3, -0.25) is 4.79 Å². The van der Waals surface area contributed by atoms with Crippen LogP contribution in [0, 0.1) is 0 Å². The first kappa shape index (κ1) is 17.4. The molecule has 0 aliphatic heterocycles. The fourth-order valence-corrected chi connectivity index (χ4v) is 3.16. The molecule has 0 aliphatic rings. The van der Waals surface area contributed by atoms with E-state index in [0.29, 0.717) is 11.3 Å². The van der Waals surface area contributed by atoms with Crippen molar-refractivity contribution in [1.29, 1.82) is 0 Å². The second-order valence-corrected chi connectivity index (χ2v) is 6.93. The topological polar surface area (TPSA) is 95.5 Å². The zero-order valence-electron chi connectivity index (χ0n) is 12.2. The van der Waals surface area contributed by atoms with Crippen molar-refractivity contribution in [2.75, 3.05) is 12.4 Å². The van der Waals surface area contributed by atoms with Crippen LogP contribution in [0.25, 0.3) is 0 Å². The monoisotopic (exact) mass is 354 g/mol. The van der Waals surface area contributed by atoms with Gasteiger partial charge >= 0.3 is 0 Å². The van der Waals surface area contributed by atoms with E-state index in [-0.39, 0.29) is 22.1 Å². The normalized spacial score (nSPS) is 11.3. The molecule has 2 rings (SSSR count). The highest BCUT2D eigenvalue weighted by Crippen LogP contribution is 2.23. The predicted molar refractivity (Wildman–Crippen MR) is 88.0 cm³/mol. The highest BCUT2D eigenvalue weighted by molar-refractivity contribution is 7.89. The number of amides is 1. The summed E-state index contributed by atoms with van der Waals surface area (Å²) in [7, 11) is -2.50. The Bertz CT molecular complexity index is 837. The molecular formula is C15H15ClN2O4S. The number of nitrogens with one attached hydrogen (secondary N) is 2. The molecule has 0 saturated heterocycles. The Labute approximate surface area is 139 Å². The van der Waals surface area contributed by atoms with Crippen LogP contribution in [-0.4, -0.2) is 26.5 Å². The summed E-state index contributed by atoms with van der Waals surface area (Å²) in [6, 6.07) is 10.7. The minimum absolute atomic E-state index is 0.0261. The number of carbonyl (C=O) groups excluding carboxylic acids is 1. The van der Waals surface area contributed by atoms with Crippen LogP contribution in [0.1, 0.15) is 15.9 Å². The van der Waals surface area contributed by atoms with Gasteiger partial charge in [0.2, 0.25) is 10.0 Å². The maximum absolute atomic E-state index is 12.3. The Morgan fingerprint density at radius 2 is 1.96 bits per heavy atom. The molecule has 2 aromatic carbocycles. The van der Waals surface area contributed by atoms with E-state index in [1.807, 2.05) is 0 Å². The van der Waals surface area contributed by atoms with Gasteiger partial charge in [0.25, 0.3) is 5.91 Å². The van der Waals surface area contributed by atoms with Crippen LogP contribution < -0.4 is 10.0 Å². The van der Waals surface area contributed by atoms with Crippen LogP contribution in [-0.2, 0) is 16.6 Å². The average Bonchev–Trinajstić information content (AvgIpc) is 2.55. The van der Waals surface area contributed by atoms with E-state index in [1.54, 1.807) is 24.3 Å². The minimum Gasteiger partial charge on any atom is -0.392 e. The highest BCUT2D eigenvalue weighted by atomic mass is 35.5. The third kappa shape index (κ3) is 4.08. The number of rotatable bonds is 5. The van der Waals surface area contributed by atoms with Crippen molar-refractivity contribution in [3.8, 4) is 0 Å². The SMILES string of the molecule is CNS(=O)(=O)c1cc(C(=O)Nc2cccc(CO)c2)ccc1Cl. The Balaban J connectivity index is 2.31. The van der Waals surface area contributed by atoms with Gasteiger partial charge in [0.1, 0.15) is 4.90 Å².